The van der Waals surface area contributed by atoms with E-state index in [-0.39, 0.29) is 40.7 Å². The molecule has 145 heavy (non-hydrogen) atoms. The van der Waals surface area contributed by atoms with E-state index in [0.29, 0.717) is 101 Å². The molecule has 9 heterocycles. The summed E-state index contributed by atoms with van der Waals surface area (Å²) in [5.74, 6) is -1.06. The number of esters is 3. The Bertz CT molecular complexity index is 6660. The van der Waals surface area contributed by atoms with Gasteiger partial charge in [0.25, 0.3) is 0 Å². The van der Waals surface area contributed by atoms with Crippen LogP contribution in [0, 0.1) is 0 Å². The van der Waals surface area contributed by atoms with Gasteiger partial charge in [0.05, 0.1) is 133 Å². The Labute approximate surface area is 863 Å². The predicted molar refractivity (Wildman–Crippen MR) is 548 cm³/mol. The van der Waals surface area contributed by atoms with Gasteiger partial charge in [0.2, 0.25) is 5.88 Å². The van der Waals surface area contributed by atoms with Gasteiger partial charge in [-0.25, -0.2) is 68.4 Å². The fourth-order valence-electron chi connectivity index (χ4n) is 11.3. The number of alkyl halides is 3. The van der Waals surface area contributed by atoms with Gasteiger partial charge in [0, 0.05) is 57.4 Å². The molecule has 0 aliphatic carbocycles. The van der Waals surface area contributed by atoms with Crippen molar-refractivity contribution in [1.29, 1.82) is 0 Å². The molecule has 0 spiro atoms. The van der Waals surface area contributed by atoms with Crippen LogP contribution in [0.4, 0.5) is 89.7 Å². The summed E-state index contributed by atoms with van der Waals surface area (Å²) in [6.45, 7) is 22.2. The van der Waals surface area contributed by atoms with Crippen molar-refractivity contribution in [2.24, 2.45) is 0 Å². The molecule has 0 unspecified atom stereocenters. The molecular formula is C98H103Cl5F3N19O18SSn. The quantitative estimate of drug-likeness (QED) is 0.0122. The Hall–Kier alpha value is -14.2. The number of ether oxygens (including phenoxy) is 7. The zero-order chi connectivity index (χ0) is 107. The molecule has 37 nitrogen and oxygen atoms in total. The van der Waals surface area contributed by atoms with Crippen LogP contribution in [0.3, 0.4) is 0 Å². The first kappa shape index (κ1) is 116. The van der Waals surface area contributed by atoms with Crippen LogP contribution < -0.4 is 38.5 Å². The molecule has 0 saturated heterocycles. The van der Waals surface area contributed by atoms with Crippen LogP contribution in [0.25, 0.3) is 34.2 Å². The van der Waals surface area contributed by atoms with Gasteiger partial charge < -0.3 is 48.3 Å². The van der Waals surface area contributed by atoms with E-state index in [0.717, 1.165) is 42.5 Å². The number of aromatic nitrogens is 13. The Morgan fingerprint density at radius 1 is 0.400 bits per heavy atom. The summed E-state index contributed by atoms with van der Waals surface area (Å²) in [6.07, 6.45) is 17.4. The smallest absolute Gasteiger partial charge is 0.465 e. The minimum absolute atomic E-state index is 0.0609. The Kier molecular flexibility index (Phi) is 42.3. The van der Waals surface area contributed by atoms with E-state index in [4.69, 9.17) is 82.1 Å². The molecule has 764 valence electrons. The summed E-state index contributed by atoms with van der Waals surface area (Å²) in [4.78, 5) is 150. The molecular weight excluding hydrogens is 2120 g/mol. The number of carbonyl (C=O) groups is 7. The maximum atomic E-state index is 13.1. The van der Waals surface area contributed by atoms with Crippen molar-refractivity contribution in [1.82, 2.24) is 64.8 Å². The molecule has 0 aliphatic heterocycles. The van der Waals surface area contributed by atoms with E-state index in [9.17, 15) is 55.2 Å². The Morgan fingerprint density at radius 2 is 0.779 bits per heavy atom. The first-order valence-corrected chi connectivity index (χ1v) is 56.6. The molecule has 0 bridgehead atoms. The predicted octanol–water partition coefficient (Wildman–Crippen LogP) is 22.8. The third kappa shape index (κ3) is 38.4. The summed E-state index contributed by atoms with van der Waals surface area (Å²) in [5.41, 5.74) is -0.630. The standard InChI is InChI=1S/C25H28ClN5O4.C22H21ClN4O4.C18H18ClN5O.C15H15Cl2N3O2.C8H6F3NO5S.C7H6NO2.3CH3.Sn/c1-24(2,3)34-22(32)29-17-10-11-19(28-13-17)20-14-27-15-21(30-20)31(23(33)35-25(4,5)6)18-9-7-8-16(26)12-18;1-22(2,3)31-21(29)27(16-7-5-6-15(23)10-16)19-13-24-12-18(26-19)17-9-8-14(11-25-17)20(28)30-4;19-13-3-1-4-14(9-13)23-18-12-20-11-17(24-18)16-6-5-15(10-22-16)21-7-2-8-25;1-15(2,3)22-14(21)20(11-6-4-5-10(16)7-11)13-9-18-8-12(17)19-13;1-16-7(13)5-2-3-6(12-4-5)17-18(14,15)8(9,10)11;1-10-7(9)6-3-2-4-8-5-6;;;;/h7-15H,1-6H3,(H,29,32);5-13H,1-4H3;1,3-6,9-12,21,25H,2,7-8H2,(H,23,24);4-9H,1-3H3;2-4H,1H3;2-3,5H,1H3;3*1H3;. The Balaban J connectivity index is 0.000000217. The molecule has 47 heteroatoms. The number of nitrogens with one attached hydrogen (secondary N) is 3. The number of amides is 4. The van der Waals surface area contributed by atoms with Crippen LogP contribution in [-0.2, 0) is 43.3 Å². The molecule has 4 amide bonds. The zero-order valence-electron chi connectivity index (χ0n) is 81.6. The van der Waals surface area contributed by atoms with Crippen molar-refractivity contribution in [3.63, 3.8) is 0 Å². The molecule has 13 rings (SSSR count). The van der Waals surface area contributed by atoms with Crippen LogP contribution in [0.1, 0.15) is 121 Å². The second-order valence-electron chi connectivity index (χ2n) is 35.0. The largest absolute Gasteiger partial charge is 0.534 e. The van der Waals surface area contributed by atoms with Crippen molar-refractivity contribution in [3.8, 4) is 40.0 Å². The fraction of sp³-hybridized carbons (Fsp3) is 0.265. The van der Waals surface area contributed by atoms with Crippen LogP contribution >= 0.6 is 58.0 Å². The topological polar surface area (TPSA) is 461 Å². The zero-order valence-corrected chi connectivity index (χ0v) is 89.1. The number of pyridine rings is 5. The maximum absolute atomic E-state index is 13.1. The number of halogens is 8. The van der Waals surface area contributed by atoms with Gasteiger partial charge in [0.15, 0.2) is 17.5 Å². The van der Waals surface area contributed by atoms with Crippen LogP contribution in [0.2, 0.25) is 40.1 Å². The summed E-state index contributed by atoms with van der Waals surface area (Å²) < 4.78 is 97.4. The maximum Gasteiger partial charge on any atom is 0.534 e. The fourth-order valence-corrected chi connectivity index (χ4v) is 15.6. The molecule has 0 fully saturated rings. The monoisotopic (exact) mass is 2220 g/mol. The molecule has 9 aromatic heterocycles. The number of nitrogens with zero attached hydrogens (tertiary/aromatic N) is 16. The van der Waals surface area contributed by atoms with Crippen molar-refractivity contribution in [2.75, 3.05) is 65.1 Å². The van der Waals surface area contributed by atoms with Gasteiger partial charge in [0.1, 0.15) is 50.5 Å². The summed E-state index contributed by atoms with van der Waals surface area (Å²) in [5, 5.41) is 20.0. The molecule has 0 saturated carbocycles. The first-order valence-electron chi connectivity index (χ1n) is 43.4. The summed E-state index contributed by atoms with van der Waals surface area (Å²) >= 11 is 28.1. The third-order valence-electron chi connectivity index (χ3n) is 17.6. The van der Waals surface area contributed by atoms with E-state index < -0.39 is 98.6 Å². The molecule has 4 aromatic carbocycles. The number of aliphatic hydroxyl groups excluding tert-OH is 1. The van der Waals surface area contributed by atoms with E-state index in [1.165, 1.54) is 82.2 Å². The van der Waals surface area contributed by atoms with E-state index >= 15 is 0 Å². The second kappa shape index (κ2) is 52.9. The van der Waals surface area contributed by atoms with E-state index in [1.54, 1.807) is 211 Å². The average molecular weight is 2220 g/mol. The number of aliphatic hydroxyl groups is 1. The Morgan fingerprint density at radius 3 is 1.14 bits per heavy atom. The van der Waals surface area contributed by atoms with Crippen molar-refractivity contribution in [3.05, 3.63) is 280 Å². The number of hydrogen-bond acceptors (Lipinski definition) is 33. The van der Waals surface area contributed by atoms with Gasteiger partial charge in [-0.05, 0) is 205 Å². The van der Waals surface area contributed by atoms with Gasteiger partial charge >= 0.3 is 140 Å². The van der Waals surface area contributed by atoms with Gasteiger partial charge in [-0.1, -0.05) is 82.3 Å². The third-order valence-corrected chi connectivity index (χ3v) is 24.9. The van der Waals surface area contributed by atoms with Crippen LogP contribution in [-0.4, -0.2) is 201 Å². The van der Waals surface area contributed by atoms with Gasteiger partial charge in [-0.3, -0.25) is 40.2 Å². The van der Waals surface area contributed by atoms with Crippen LogP contribution in [0.5, 0.6) is 5.88 Å². The normalized spacial score (nSPS) is 11.2. The SMILES string of the molecule is CC(C)(C)OC(=O)N(c1cccc(Cl)c1)c1cncc(Cl)n1.CC(C)(C)OC(=O)Nc1ccc(-c2cncc(N(C(=O)OC(C)(C)C)c3cccc(Cl)c3)n2)nc1.COC(=O)c1cc[c]([Sn]([CH3])([CH3])[CH3])nc1.COC(=O)c1ccc(-c2cncc(N(C(=O)OC(C)(C)C)c3cccc(Cl)c3)n2)nc1.COC(=O)c1ccc(OS(=O)(=O)C(F)(F)F)nc1.OCCCNc1ccc(-c2cncc(Nc3cccc(Cl)c3)n2)nc1. The number of rotatable bonds is 22. The van der Waals surface area contributed by atoms with Crippen molar-refractivity contribution < 1.29 is 97.6 Å². The number of anilines is 10. The second-order valence-corrected chi connectivity index (χ2v) is 53.0. The van der Waals surface area contributed by atoms with Gasteiger partial charge in [-0.15, -0.1) is 0 Å². The number of benzene rings is 4. The number of carbonyl (C=O) groups excluding carboxylic acids is 7. The van der Waals surface area contributed by atoms with E-state index in [2.05, 4.69) is 114 Å². The minimum Gasteiger partial charge on any atom is -0.465 e. The summed E-state index contributed by atoms with van der Waals surface area (Å²) in [6, 6.07) is 43.7. The van der Waals surface area contributed by atoms with E-state index in [1.807, 2.05) is 42.5 Å². The molecule has 0 atom stereocenters. The molecule has 13 aromatic rings. The molecule has 0 aliphatic rings. The molecule has 0 radical (unpaired) electrons. The minimum atomic E-state index is -5.77. The number of methoxy groups -OCH3 is 3. The van der Waals surface area contributed by atoms with Crippen LogP contribution in [0.15, 0.2) is 238 Å². The number of hydrogen-bond donors (Lipinski definition) is 4. The first-order chi connectivity index (χ1) is 68.1. The van der Waals surface area contributed by atoms with Crippen molar-refractivity contribution >= 4 is 190 Å². The average Bonchev–Trinajstić information content (AvgIpc) is 0.798. The van der Waals surface area contributed by atoms with Crippen molar-refractivity contribution in [2.45, 2.75) is 132 Å². The van der Waals surface area contributed by atoms with Gasteiger partial charge in [-0.2, -0.15) is 21.6 Å². The molecule has 4 N–H and O–H groups in total. The summed E-state index contributed by atoms with van der Waals surface area (Å²) in [7, 11) is -2.00.